The van der Waals surface area contributed by atoms with E-state index in [0.717, 1.165) is 4.57 Å². The Hall–Kier alpha value is -0.353. The van der Waals surface area contributed by atoms with Gasteiger partial charge in [-0.15, -0.1) is 0 Å². The number of nitrogens with two attached hydrogens (primary N) is 1. The Morgan fingerprint density at radius 2 is 1.82 bits per heavy atom. The molecule has 1 aliphatic rings. The van der Waals surface area contributed by atoms with Gasteiger partial charge < -0.3 is 30.0 Å². The predicted octanol–water partition coefficient (Wildman–Crippen LogP) is -0.534. The van der Waals surface area contributed by atoms with Crippen LogP contribution in [-0.4, -0.2) is 60.7 Å². The molecule has 0 aliphatic carbocycles. The molecule has 1 aliphatic heterocycles. The molecule has 6 N–H and O–H groups in total. The number of phosphoric ester groups is 1. The molecule has 28 heavy (non-hydrogen) atoms. The first-order chi connectivity index (χ1) is 12.3. The molecule has 0 bridgehead atoms. The van der Waals surface area contributed by atoms with Gasteiger partial charge in [-0.1, -0.05) is 0 Å². The van der Waals surface area contributed by atoms with E-state index in [9.17, 15) is 23.4 Å². The molecule has 19 heteroatoms. The van der Waals surface area contributed by atoms with Gasteiger partial charge >= 0.3 is 29.2 Å². The summed E-state index contributed by atoms with van der Waals surface area (Å²) in [7, 11) is -16.3. The summed E-state index contributed by atoms with van der Waals surface area (Å²) >= 11 is 0. The van der Waals surface area contributed by atoms with Crippen LogP contribution in [0.2, 0.25) is 0 Å². The average molecular weight is 458 g/mol. The Bertz CT molecular complexity index is 889. The SMILES string of the molecule is Nc1ccn(C2CCC(COP(=O)(O)OP(=O)(O)OP(=O)(O)O)O2)c(=O)n1.[Li]. The van der Waals surface area contributed by atoms with Gasteiger partial charge in [0.15, 0.2) is 0 Å². The first-order valence-corrected chi connectivity index (χ1v) is 11.6. The van der Waals surface area contributed by atoms with E-state index < -0.39 is 48.1 Å². The standard InChI is InChI=1S/C9H16N3O12P3.Li/c10-7-3-4-12(9(13)11-7)8-2-1-6(22-8)5-21-26(17,18)24-27(19,20)23-25(14,15)16;/h3-4,6,8H,1-2,5H2,(H,17,18)(H,19,20)(H2,10,11,13)(H2,14,15,16);. The van der Waals surface area contributed by atoms with Gasteiger partial charge in [0.05, 0.1) is 12.7 Å². The number of phosphoric acid groups is 3. The molecule has 4 unspecified atom stereocenters. The zero-order valence-corrected chi connectivity index (χ0v) is 17.0. The predicted molar refractivity (Wildman–Crippen MR) is 91.6 cm³/mol. The second-order valence-corrected chi connectivity index (χ2v) is 9.64. The summed E-state index contributed by atoms with van der Waals surface area (Å²) in [6.45, 7) is -0.586. The van der Waals surface area contributed by atoms with Crippen LogP contribution < -0.4 is 11.4 Å². The maximum Gasteiger partial charge on any atom is 0.490 e. The van der Waals surface area contributed by atoms with Crippen LogP contribution in [0.1, 0.15) is 19.1 Å². The van der Waals surface area contributed by atoms with Crippen molar-refractivity contribution in [1.29, 1.82) is 0 Å². The molecule has 2 rings (SSSR count). The molecule has 4 atom stereocenters. The van der Waals surface area contributed by atoms with Crippen molar-refractivity contribution in [3.05, 3.63) is 22.7 Å². The van der Waals surface area contributed by atoms with E-state index in [-0.39, 0.29) is 31.1 Å². The van der Waals surface area contributed by atoms with Crippen molar-refractivity contribution in [2.24, 2.45) is 0 Å². The maximum absolute atomic E-state index is 11.7. The second kappa shape index (κ2) is 9.64. The fourth-order valence-corrected chi connectivity index (χ4v) is 5.19. The Morgan fingerprint density at radius 3 is 2.39 bits per heavy atom. The largest absolute Gasteiger partial charge is 0.490 e. The van der Waals surface area contributed by atoms with Gasteiger partial charge in [-0.25, -0.2) is 18.5 Å². The van der Waals surface area contributed by atoms with E-state index in [1.54, 1.807) is 0 Å². The molecule has 15 nitrogen and oxygen atoms in total. The number of hydrogen-bond acceptors (Lipinski definition) is 10. The van der Waals surface area contributed by atoms with Gasteiger partial charge in [-0.3, -0.25) is 9.09 Å². The van der Waals surface area contributed by atoms with E-state index >= 15 is 0 Å². The topological polar surface area (TPSA) is 230 Å². The van der Waals surface area contributed by atoms with Gasteiger partial charge in [-0.2, -0.15) is 13.6 Å². The quantitative estimate of drug-likeness (QED) is 0.244. The number of ether oxygens (including phenoxy) is 1. The number of aromatic nitrogens is 2. The maximum atomic E-state index is 11.7. The minimum absolute atomic E-state index is 0. The van der Waals surface area contributed by atoms with Crippen molar-refractivity contribution >= 4 is 48.1 Å². The first-order valence-electron chi connectivity index (χ1n) is 7.05. The zero-order valence-electron chi connectivity index (χ0n) is 14.3. The van der Waals surface area contributed by atoms with E-state index in [4.69, 9.17) is 25.2 Å². The fourth-order valence-electron chi connectivity index (χ4n) is 2.14. The number of nitrogens with zero attached hydrogens (tertiary/aromatic N) is 2. The summed E-state index contributed by atoms with van der Waals surface area (Å²) < 4.78 is 51.6. The molecule has 1 aromatic heterocycles. The minimum Gasteiger partial charge on any atom is -0.383 e. The molecule has 1 fully saturated rings. The molecule has 1 aromatic rings. The van der Waals surface area contributed by atoms with Gasteiger partial charge in [0.2, 0.25) is 0 Å². The molecule has 0 aromatic carbocycles. The van der Waals surface area contributed by atoms with Gasteiger partial charge in [0.1, 0.15) is 12.0 Å². The molecule has 1 saturated heterocycles. The van der Waals surface area contributed by atoms with E-state index in [0.29, 0.717) is 6.42 Å². The summed E-state index contributed by atoms with van der Waals surface area (Å²) in [6, 6.07) is 1.38. The van der Waals surface area contributed by atoms with Crippen molar-refractivity contribution in [3.63, 3.8) is 0 Å². The smallest absolute Gasteiger partial charge is 0.383 e. The Balaban J connectivity index is 0.00000392. The van der Waals surface area contributed by atoms with E-state index in [1.807, 2.05) is 0 Å². The van der Waals surface area contributed by atoms with E-state index in [1.165, 1.54) is 12.3 Å². The molecule has 0 spiro atoms. The van der Waals surface area contributed by atoms with Gasteiger partial charge in [0, 0.05) is 25.1 Å². The van der Waals surface area contributed by atoms with Crippen molar-refractivity contribution in [3.8, 4) is 0 Å². The van der Waals surface area contributed by atoms with Crippen LogP contribution in [0.5, 0.6) is 0 Å². The summed E-state index contributed by atoms with van der Waals surface area (Å²) in [6.07, 6.45) is 0.456. The Morgan fingerprint density at radius 1 is 1.18 bits per heavy atom. The molecular formula is C9H16LiN3O12P3. The molecule has 0 amide bonds. The number of hydrogen-bond donors (Lipinski definition) is 5. The van der Waals surface area contributed by atoms with Crippen molar-refractivity contribution < 1.29 is 51.2 Å². The molecule has 155 valence electrons. The third kappa shape index (κ3) is 8.18. The van der Waals surface area contributed by atoms with E-state index in [2.05, 4.69) is 18.1 Å². The van der Waals surface area contributed by atoms with Crippen LogP contribution in [-0.2, 0) is 31.6 Å². The molecular weight excluding hydrogens is 442 g/mol. The number of nitrogen functional groups attached to an aromatic ring is 1. The monoisotopic (exact) mass is 458 g/mol. The molecule has 1 radical (unpaired) electrons. The number of rotatable bonds is 8. The second-order valence-electron chi connectivity index (χ2n) is 5.22. The first kappa shape index (κ1) is 25.7. The summed E-state index contributed by atoms with van der Waals surface area (Å²) in [5.41, 5.74) is 4.72. The van der Waals surface area contributed by atoms with Crippen molar-refractivity contribution in [2.45, 2.75) is 25.2 Å². The van der Waals surface area contributed by atoms with Gasteiger partial charge in [0.25, 0.3) is 0 Å². The Labute approximate surface area is 169 Å². The minimum atomic E-state index is -5.58. The fraction of sp³-hybridized carbons (Fsp3) is 0.556. The van der Waals surface area contributed by atoms with Gasteiger partial charge in [-0.05, 0) is 18.9 Å². The Kier molecular flexibility index (Phi) is 8.84. The molecule has 0 saturated carbocycles. The molecule has 2 heterocycles. The van der Waals surface area contributed by atoms with Crippen LogP contribution in [0.3, 0.4) is 0 Å². The van der Waals surface area contributed by atoms with Crippen molar-refractivity contribution in [1.82, 2.24) is 9.55 Å². The third-order valence-corrected chi connectivity index (χ3v) is 6.89. The normalized spacial score (nSPS) is 24.1. The summed E-state index contributed by atoms with van der Waals surface area (Å²) in [4.78, 5) is 50.6. The van der Waals surface area contributed by atoms with Crippen LogP contribution in [0.4, 0.5) is 5.82 Å². The van der Waals surface area contributed by atoms with Crippen LogP contribution in [0, 0.1) is 0 Å². The zero-order chi connectivity index (χ0) is 20.5. The summed E-state index contributed by atoms with van der Waals surface area (Å²) in [5.74, 6) is 0.0263. The van der Waals surface area contributed by atoms with Crippen LogP contribution >= 0.6 is 23.5 Å². The van der Waals surface area contributed by atoms with Crippen LogP contribution in [0.15, 0.2) is 17.1 Å². The summed E-state index contributed by atoms with van der Waals surface area (Å²) in [5, 5.41) is 0. The third-order valence-electron chi connectivity index (χ3n) is 3.09. The van der Waals surface area contributed by atoms with Crippen molar-refractivity contribution in [2.75, 3.05) is 12.3 Å². The van der Waals surface area contributed by atoms with Crippen LogP contribution in [0.25, 0.3) is 0 Å². The average Bonchev–Trinajstić information content (AvgIpc) is 2.90. The number of anilines is 1.